The Hall–Kier alpha value is -1.91. The highest BCUT2D eigenvalue weighted by Crippen LogP contribution is 2.22. The van der Waals surface area contributed by atoms with E-state index < -0.39 is 27.4 Å². The number of nitrogens with zero attached hydrogens (tertiary/aromatic N) is 1. The van der Waals surface area contributed by atoms with Gasteiger partial charge in [-0.3, -0.25) is 4.79 Å². The molecule has 0 fully saturated rings. The Bertz CT molecular complexity index is 654. The first kappa shape index (κ1) is 16.1. The van der Waals surface area contributed by atoms with Crippen LogP contribution in [0.25, 0.3) is 0 Å². The van der Waals surface area contributed by atoms with Crippen LogP contribution in [0.2, 0.25) is 0 Å². The van der Waals surface area contributed by atoms with E-state index in [-0.39, 0.29) is 10.5 Å². The molecule has 1 aromatic carbocycles. The molecule has 108 valence electrons. The molecule has 0 saturated heterocycles. The molecule has 2 N–H and O–H groups in total. The van der Waals surface area contributed by atoms with E-state index in [1.165, 1.54) is 24.3 Å². The Labute approximate surface area is 118 Å². The third-order valence-electron chi connectivity index (χ3n) is 2.66. The van der Waals surface area contributed by atoms with Crippen LogP contribution in [0.5, 0.6) is 0 Å². The largest absolute Gasteiger partial charge is 0.480 e. The fourth-order valence-electron chi connectivity index (χ4n) is 1.55. The highest BCUT2D eigenvalue weighted by Gasteiger charge is 2.35. The van der Waals surface area contributed by atoms with Crippen LogP contribution in [0.3, 0.4) is 0 Å². The SMILES string of the molecule is CC(C)(C)[C@@H](NS(=O)(=O)c1cccc(C#N)c1)C(=O)O. The van der Waals surface area contributed by atoms with Gasteiger partial charge in [-0.25, -0.2) is 8.42 Å². The van der Waals surface area contributed by atoms with Gasteiger partial charge >= 0.3 is 5.97 Å². The van der Waals surface area contributed by atoms with Crippen LogP contribution in [0.4, 0.5) is 0 Å². The van der Waals surface area contributed by atoms with Gasteiger partial charge in [0.25, 0.3) is 0 Å². The summed E-state index contributed by atoms with van der Waals surface area (Å²) in [6.45, 7) is 4.88. The van der Waals surface area contributed by atoms with Crippen molar-refractivity contribution >= 4 is 16.0 Å². The minimum absolute atomic E-state index is 0.132. The fraction of sp³-hybridized carbons (Fsp3) is 0.385. The number of nitriles is 1. The summed E-state index contributed by atoms with van der Waals surface area (Å²) in [5.41, 5.74) is -0.596. The molecule has 6 nitrogen and oxygen atoms in total. The molecule has 0 bridgehead atoms. The average molecular weight is 296 g/mol. The summed E-state index contributed by atoms with van der Waals surface area (Å²) in [6, 6.07) is 5.98. The minimum Gasteiger partial charge on any atom is -0.480 e. The molecule has 1 atom stereocenters. The van der Waals surface area contributed by atoms with Gasteiger partial charge in [-0.2, -0.15) is 9.98 Å². The van der Waals surface area contributed by atoms with E-state index in [0.717, 1.165) is 0 Å². The lowest BCUT2D eigenvalue weighted by atomic mass is 9.88. The molecule has 1 aromatic rings. The molecule has 0 aliphatic carbocycles. The Morgan fingerprint density at radius 1 is 1.40 bits per heavy atom. The number of rotatable bonds is 4. The Kier molecular flexibility index (Phi) is 4.53. The molecule has 0 saturated carbocycles. The summed E-state index contributed by atoms with van der Waals surface area (Å²) >= 11 is 0. The maximum Gasteiger partial charge on any atom is 0.322 e. The lowest BCUT2D eigenvalue weighted by molar-refractivity contribution is -0.141. The van der Waals surface area contributed by atoms with Crippen LogP contribution in [0, 0.1) is 16.7 Å². The number of carbonyl (C=O) groups is 1. The van der Waals surface area contributed by atoms with E-state index in [0.29, 0.717) is 0 Å². The van der Waals surface area contributed by atoms with Gasteiger partial charge in [0.05, 0.1) is 16.5 Å². The molecule has 0 unspecified atom stereocenters. The van der Waals surface area contributed by atoms with Crippen molar-refractivity contribution in [3.8, 4) is 6.07 Å². The topological polar surface area (TPSA) is 107 Å². The number of hydrogen-bond acceptors (Lipinski definition) is 4. The van der Waals surface area contributed by atoms with Gasteiger partial charge in [0.2, 0.25) is 10.0 Å². The van der Waals surface area contributed by atoms with Crippen LogP contribution in [0.15, 0.2) is 29.2 Å². The summed E-state index contributed by atoms with van der Waals surface area (Å²) in [7, 11) is -4.00. The van der Waals surface area contributed by atoms with Crippen molar-refractivity contribution in [1.82, 2.24) is 4.72 Å². The number of nitrogens with one attached hydrogen (secondary N) is 1. The van der Waals surface area contributed by atoms with Crippen molar-refractivity contribution in [3.05, 3.63) is 29.8 Å². The van der Waals surface area contributed by atoms with Crippen molar-refractivity contribution in [2.45, 2.75) is 31.7 Å². The first-order valence-electron chi connectivity index (χ1n) is 5.83. The van der Waals surface area contributed by atoms with E-state index in [4.69, 9.17) is 10.4 Å². The van der Waals surface area contributed by atoms with Gasteiger partial charge in [-0.15, -0.1) is 0 Å². The third-order valence-corrected chi connectivity index (χ3v) is 4.08. The highest BCUT2D eigenvalue weighted by atomic mass is 32.2. The van der Waals surface area contributed by atoms with Gasteiger partial charge in [-0.05, 0) is 23.6 Å². The molecular formula is C13H16N2O4S. The molecule has 0 amide bonds. The standard InChI is InChI=1S/C13H16N2O4S/c1-13(2,3)11(12(16)17)15-20(18,19)10-6-4-5-9(7-10)8-14/h4-7,11,15H,1-3H3,(H,16,17)/t11-/m0/s1. The summed E-state index contributed by atoms with van der Waals surface area (Å²) in [5.74, 6) is -1.25. The molecule has 0 aliphatic rings. The molecule has 0 spiro atoms. The van der Waals surface area contributed by atoms with Gasteiger partial charge in [0.15, 0.2) is 0 Å². The molecular weight excluding hydrogens is 280 g/mol. The van der Waals surface area contributed by atoms with Crippen LogP contribution < -0.4 is 4.72 Å². The Morgan fingerprint density at radius 3 is 2.45 bits per heavy atom. The molecule has 0 aliphatic heterocycles. The number of sulfonamides is 1. The molecule has 7 heteroatoms. The highest BCUT2D eigenvalue weighted by molar-refractivity contribution is 7.89. The van der Waals surface area contributed by atoms with E-state index in [1.54, 1.807) is 20.8 Å². The number of carboxylic acids is 1. The molecule has 20 heavy (non-hydrogen) atoms. The summed E-state index contributed by atoms with van der Waals surface area (Å²) in [5, 5.41) is 17.9. The predicted molar refractivity (Wildman–Crippen MR) is 72.4 cm³/mol. The minimum atomic E-state index is -4.00. The lowest BCUT2D eigenvalue weighted by Crippen LogP contribution is -2.48. The maximum absolute atomic E-state index is 12.2. The molecule has 0 aromatic heterocycles. The van der Waals surface area contributed by atoms with E-state index in [2.05, 4.69) is 4.72 Å². The van der Waals surface area contributed by atoms with Crippen LogP contribution >= 0.6 is 0 Å². The second-order valence-electron chi connectivity index (χ2n) is 5.40. The van der Waals surface area contributed by atoms with E-state index >= 15 is 0 Å². The summed E-state index contributed by atoms with van der Waals surface area (Å²) < 4.78 is 26.5. The van der Waals surface area contributed by atoms with Crippen LogP contribution in [-0.4, -0.2) is 25.5 Å². The fourth-order valence-corrected chi connectivity index (χ4v) is 2.99. The van der Waals surface area contributed by atoms with E-state index in [9.17, 15) is 13.2 Å². The van der Waals surface area contributed by atoms with Gasteiger partial charge < -0.3 is 5.11 Å². The third kappa shape index (κ3) is 3.79. The Balaban J connectivity index is 3.17. The van der Waals surface area contributed by atoms with Crippen LogP contribution in [-0.2, 0) is 14.8 Å². The maximum atomic E-state index is 12.2. The lowest BCUT2D eigenvalue weighted by Gasteiger charge is -2.27. The molecule has 0 heterocycles. The van der Waals surface area contributed by atoms with E-state index in [1.807, 2.05) is 6.07 Å². The number of aliphatic carboxylic acids is 1. The van der Waals surface area contributed by atoms with Crippen LogP contribution in [0.1, 0.15) is 26.3 Å². The summed E-state index contributed by atoms with van der Waals surface area (Å²) in [4.78, 5) is 11.1. The number of carboxylic acid groups (broad SMARTS) is 1. The predicted octanol–water partition coefficient (Wildman–Crippen LogP) is 1.34. The second kappa shape index (κ2) is 5.61. The van der Waals surface area contributed by atoms with Crippen molar-refractivity contribution in [2.75, 3.05) is 0 Å². The second-order valence-corrected chi connectivity index (χ2v) is 7.11. The monoisotopic (exact) mass is 296 g/mol. The smallest absolute Gasteiger partial charge is 0.322 e. The molecule has 1 rings (SSSR count). The van der Waals surface area contributed by atoms with Crippen molar-refractivity contribution in [3.63, 3.8) is 0 Å². The first-order valence-corrected chi connectivity index (χ1v) is 7.31. The normalized spacial score (nSPS) is 13.5. The van der Waals surface area contributed by atoms with Gasteiger partial charge in [-0.1, -0.05) is 26.8 Å². The molecule has 0 radical (unpaired) electrons. The number of hydrogen-bond donors (Lipinski definition) is 2. The van der Waals surface area contributed by atoms with Crippen molar-refractivity contribution in [1.29, 1.82) is 5.26 Å². The summed E-state index contributed by atoms with van der Waals surface area (Å²) in [6.07, 6.45) is 0. The number of benzene rings is 1. The Morgan fingerprint density at radius 2 is 2.00 bits per heavy atom. The zero-order valence-corrected chi connectivity index (χ0v) is 12.2. The first-order chi connectivity index (χ1) is 9.08. The zero-order chi connectivity index (χ0) is 15.6. The van der Waals surface area contributed by atoms with Gasteiger partial charge in [0, 0.05) is 0 Å². The quantitative estimate of drug-likeness (QED) is 0.871. The average Bonchev–Trinajstić information content (AvgIpc) is 2.34. The zero-order valence-electron chi connectivity index (χ0n) is 11.4. The van der Waals surface area contributed by atoms with Crippen molar-refractivity contribution in [2.24, 2.45) is 5.41 Å². The van der Waals surface area contributed by atoms with Gasteiger partial charge in [0.1, 0.15) is 6.04 Å². The van der Waals surface area contributed by atoms with Crippen molar-refractivity contribution < 1.29 is 18.3 Å².